The first-order valence-corrected chi connectivity index (χ1v) is 11.7. The summed E-state index contributed by atoms with van der Waals surface area (Å²) in [6, 6.07) is 7.42. The summed E-state index contributed by atoms with van der Waals surface area (Å²) in [6.07, 6.45) is 7.09. The quantitative estimate of drug-likeness (QED) is 0.403. The van der Waals surface area contributed by atoms with E-state index in [-0.39, 0.29) is 0 Å². The van der Waals surface area contributed by atoms with Crippen molar-refractivity contribution in [2.75, 3.05) is 5.32 Å². The van der Waals surface area contributed by atoms with Crippen LogP contribution < -0.4 is 5.32 Å². The van der Waals surface area contributed by atoms with Gasteiger partial charge >= 0.3 is 6.09 Å². The Balaban J connectivity index is 1.50. The van der Waals surface area contributed by atoms with E-state index >= 15 is 0 Å². The van der Waals surface area contributed by atoms with Gasteiger partial charge in [-0.15, -0.1) is 10.2 Å². The van der Waals surface area contributed by atoms with Crippen molar-refractivity contribution in [3.8, 4) is 11.4 Å². The van der Waals surface area contributed by atoms with Gasteiger partial charge in [0, 0.05) is 32.1 Å². The predicted octanol–water partition coefficient (Wildman–Crippen LogP) is 4.63. The second-order valence-electron chi connectivity index (χ2n) is 9.63. The summed E-state index contributed by atoms with van der Waals surface area (Å²) in [5.74, 6) is 1.26. The van der Waals surface area contributed by atoms with Gasteiger partial charge in [-0.2, -0.15) is 9.89 Å². The Morgan fingerprint density at radius 3 is 2.61 bits per heavy atom. The van der Waals surface area contributed by atoms with Gasteiger partial charge in [0.1, 0.15) is 17.7 Å². The molecule has 0 aliphatic carbocycles. The topological polar surface area (TPSA) is 103 Å². The third-order valence-corrected chi connectivity index (χ3v) is 5.96. The van der Waals surface area contributed by atoms with Gasteiger partial charge in [0.15, 0.2) is 5.82 Å². The van der Waals surface area contributed by atoms with E-state index in [1.165, 1.54) is 0 Å². The molecule has 0 saturated heterocycles. The van der Waals surface area contributed by atoms with Crippen LogP contribution in [0.1, 0.15) is 31.9 Å². The van der Waals surface area contributed by atoms with Crippen LogP contribution in [-0.2, 0) is 25.3 Å². The summed E-state index contributed by atoms with van der Waals surface area (Å²) in [5, 5.41) is 16.1. The number of carbonyl (C=O) groups is 1. The van der Waals surface area contributed by atoms with Crippen LogP contribution in [0.2, 0.25) is 5.02 Å². The summed E-state index contributed by atoms with van der Waals surface area (Å²) in [5.41, 5.74) is 4.12. The number of carbonyl (C=O) groups excluding carboxylic acids is 1. The Bertz CT molecular complexity index is 1510. The third kappa shape index (κ3) is 4.59. The highest BCUT2D eigenvalue weighted by Gasteiger charge is 2.40. The Labute approximate surface area is 213 Å². The van der Waals surface area contributed by atoms with Crippen molar-refractivity contribution in [1.29, 1.82) is 0 Å². The molecule has 4 aromatic rings. The van der Waals surface area contributed by atoms with E-state index in [1.807, 2.05) is 69.9 Å². The van der Waals surface area contributed by atoms with Crippen LogP contribution in [0, 0.1) is 0 Å². The molecule has 36 heavy (non-hydrogen) atoms. The maximum atomic E-state index is 13.3. The van der Waals surface area contributed by atoms with Crippen molar-refractivity contribution in [2.45, 2.75) is 32.8 Å². The summed E-state index contributed by atoms with van der Waals surface area (Å²) in [6.45, 7) is 5.54. The van der Waals surface area contributed by atoms with Crippen LogP contribution in [0.5, 0.6) is 0 Å². The van der Waals surface area contributed by atoms with E-state index in [1.54, 1.807) is 28.0 Å². The average molecular weight is 506 g/mol. The Morgan fingerprint density at radius 2 is 1.97 bits per heavy atom. The van der Waals surface area contributed by atoms with Crippen molar-refractivity contribution in [3.05, 3.63) is 65.3 Å². The van der Waals surface area contributed by atoms with E-state index in [0.717, 1.165) is 22.4 Å². The molecule has 3 aromatic heterocycles. The van der Waals surface area contributed by atoms with Gasteiger partial charge in [-0.25, -0.2) is 4.98 Å². The first kappa shape index (κ1) is 23.7. The molecule has 0 atom stereocenters. The molecule has 1 N–H and O–H groups in total. The summed E-state index contributed by atoms with van der Waals surface area (Å²) >= 11 is 6.58. The fourth-order valence-corrected chi connectivity index (χ4v) is 4.27. The molecule has 0 unspecified atom stereocenters. The first-order valence-electron chi connectivity index (χ1n) is 11.4. The Morgan fingerprint density at radius 1 is 1.17 bits per heavy atom. The number of hydrogen-bond acceptors (Lipinski definition) is 7. The molecule has 0 spiro atoms. The van der Waals surface area contributed by atoms with E-state index in [0.29, 0.717) is 34.5 Å². The van der Waals surface area contributed by atoms with Gasteiger partial charge < -0.3 is 14.6 Å². The smallest absolute Gasteiger partial charge is 0.406 e. The fraction of sp³-hybridized carbons (Fsp3) is 0.280. The van der Waals surface area contributed by atoms with Crippen LogP contribution in [0.25, 0.3) is 11.4 Å². The lowest BCUT2D eigenvalue weighted by Gasteiger charge is -2.16. The number of fused-ring (bicyclic) bond motifs is 1. The highest BCUT2D eigenvalue weighted by atomic mass is 35.5. The van der Waals surface area contributed by atoms with Crippen LogP contribution in [0.4, 0.5) is 22.0 Å². The fourth-order valence-electron chi connectivity index (χ4n) is 4.05. The van der Waals surface area contributed by atoms with Gasteiger partial charge in [-0.05, 0) is 39.0 Å². The molecule has 1 amide bonds. The second-order valence-corrected chi connectivity index (χ2v) is 10.0. The van der Waals surface area contributed by atoms with Crippen LogP contribution in [0.15, 0.2) is 49.2 Å². The SMILES string of the molecule is Cn1cc(C2=[N+](C(=O)OC(C)(C)C)c3cc(Nc4ccc(-c5nncn5C)cc4Cl)ncc3C2)cn1. The van der Waals surface area contributed by atoms with Gasteiger partial charge in [-0.3, -0.25) is 4.68 Å². The summed E-state index contributed by atoms with van der Waals surface area (Å²) in [7, 11) is 3.71. The third-order valence-electron chi connectivity index (χ3n) is 5.65. The minimum atomic E-state index is -0.647. The molecule has 11 heteroatoms. The zero-order valence-electron chi connectivity index (χ0n) is 20.7. The molecule has 5 rings (SSSR count). The van der Waals surface area contributed by atoms with Crippen LogP contribution >= 0.6 is 11.6 Å². The van der Waals surface area contributed by atoms with Crippen molar-refractivity contribution < 1.29 is 14.1 Å². The molecule has 1 aliphatic rings. The normalized spacial score (nSPS) is 13.2. The summed E-state index contributed by atoms with van der Waals surface area (Å²) < 4.78 is 10.9. The van der Waals surface area contributed by atoms with E-state index < -0.39 is 11.7 Å². The van der Waals surface area contributed by atoms with Crippen molar-refractivity contribution in [2.24, 2.45) is 14.1 Å². The minimum Gasteiger partial charge on any atom is -0.406 e. The standard InChI is InChI=1S/C25H26ClN8O2/c1-25(2,3)36-24(35)34-20(17-12-29-33(5)13-17)9-16-11-27-22(10-21(16)34)30-19-7-6-15(8-18(19)26)23-31-28-14-32(23)4/h6-8,10-14H,9H2,1-5H3,(H,27,30)/q+1. The molecule has 0 bridgehead atoms. The highest BCUT2D eigenvalue weighted by molar-refractivity contribution is 6.33. The van der Waals surface area contributed by atoms with Crippen LogP contribution in [0.3, 0.4) is 0 Å². The molecule has 4 heterocycles. The number of nitrogens with one attached hydrogen (secondary N) is 1. The number of benzene rings is 1. The number of anilines is 2. The van der Waals surface area contributed by atoms with Gasteiger partial charge in [0.2, 0.25) is 11.4 Å². The van der Waals surface area contributed by atoms with Crippen molar-refractivity contribution in [1.82, 2.24) is 29.5 Å². The summed E-state index contributed by atoms with van der Waals surface area (Å²) in [4.78, 5) is 17.9. The molecule has 0 radical (unpaired) electrons. The first-order chi connectivity index (χ1) is 17.1. The number of aromatic nitrogens is 6. The van der Waals surface area contributed by atoms with E-state index in [2.05, 4.69) is 25.6 Å². The molecule has 184 valence electrons. The molecule has 0 fully saturated rings. The number of pyridine rings is 1. The molecular weight excluding hydrogens is 480 g/mol. The lowest BCUT2D eigenvalue weighted by atomic mass is 10.1. The Kier molecular flexibility index (Phi) is 5.83. The molecule has 1 aromatic carbocycles. The minimum absolute atomic E-state index is 0.455. The molecule has 10 nitrogen and oxygen atoms in total. The van der Waals surface area contributed by atoms with Gasteiger partial charge in [0.05, 0.1) is 40.5 Å². The maximum absolute atomic E-state index is 13.3. The number of hydrogen-bond donors (Lipinski definition) is 1. The number of nitrogens with zero attached hydrogens (tertiary/aromatic N) is 7. The maximum Gasteiger partial charge on any atom is 0.603 e. The molecular formula is C25H26ClN8O2+. The number of ether oxygens (including phenoxy) is 1. The second kappa shape index (κ2) is 8.87. The van der Waals surface area contributed by atoms with Crippen LogP contribution in [-0.4, -0.2) is 51.5 Å². The number of aryl methyl sites for hydroxylation is 2. The van der Waals surface area contributed by atoms with Gasteiger partial charge in [-0.1, -0.05) is 16.2 Å². The largest absolute Gasteiger partial charge is 0.603 e. The van der Waals surface area contributed by atoms with Crippen molar-refractivity contribution >= 4 is 40.6 Å². The number of rotatable bonds is 4. The monoisotopic (exact) mass is 505 g/mol. The lowest BCUT2D eigenvalue weighted by Crippen LogP contribution is -2.30. The van der Waals surface area contributed by atoms with E-state index in [9.17, 15) is 4.79 Å². The zero-order chi connectivity index (χ0) is 25.6. The lowest BCUT2D eigenvalue weighted by molar-refractivity contribution is -0.360. The molecule has 0 saturated carbocycles. The average Bonchev–Trinajstić information content (AvgIpc) is 3.51. The predicted molar refractivity (Wildman–Crippen MR) is 136 cm³/mol. The zero-order valence-corrected chi connectivity index (χ0v) is 21.4. The number of halogens is 1. The molecule has 1 aliphatic heterocycles. The van der Waals surface area contributed by atoms with E-state index in [4.69, 9.17) is 16.3 Å². The highest BCUT2D eigenvalue weighted by Crippen LogP contribution is 2.34. The van der Waals surface area contributed by atoms with Crippen molar-refractivity contribution in [3.63, 3.8) is 0 Å². The van der Waals surface area contributed by atoms with Gasteiger partial charge in [0.25, 0.3) is 0 Å². The number of amides is 1. The Hall–Kier alpha value is -4.05.